The molecule has 0 saturated carbocycles. The third-order valence-electron chi connectivity index (χ3n) is 2.66. The summed E-state index contributed by atoms with van der Waals surface area (Å²) < 4.78 is 0. The van der Waals surface area contributed by atoms with Crippen molar-refractivity contribution in [2.24, 2.45) is 0 Å². The zero-order valence-electron chi connectivity index (χ0n) is 8.56. The highest BCUT2D eigenvalue weighted by atomic mass is 16.3. The molecule has 0 bridgehead atoms. The SMILES string of the molecule is C=CC1(O)C=CC(c2ccccc2)=CC1. The van der Waals surface area contributed by atoms with Crippen LogP contribution in [0.3, 0.4) is 0 Å². The minimum Gasteiger partial charge on any atom is -0.381 e. The molecular formula is C14H14O. The number of allylic oxidation sites excluding steroid dienone is 2. The van der Waals surface area contributed by atoms with Crippen molar-refractivity contribution in [3.8, 4) is 0 Å². The fraction of sp³-hybridized carbons (Fsp3) is 0.143. The maximum atomic E-state index is 9.90. The van der Waals surface area contributed by atoms with Crippen LogP contribution in [0.25, 0.3) is 5.57 Å². The molecule has 1 aliphatic rings. The molecule has 0 aliphatic heterocycles. The molecule has 0 spiro atoms. The van der Waals surface area contributed by atoms with Crippen LogP contribution in [-0.2, 0) is 0 Å². The third kappa shape index (κ3) is 2.08. The van der Waals surface area contributed by atoms with Gasteiger partial charge in [0.2, 0.25) is 0 Å². The van der Waals surface area contributed by atoms with Crippen LogP contribution in [0.1, 0.15) is 12.0 Å². The Bertz CT molecular complexity index is 414. The van der Waals surface area contributed by atoms with Gasteiger partial charge in [-0.25, -0.2) is 0 Å². The molecule has 0 heterocycles. The average molecular weight is 198 g/mol. The smallest absolute Gasteiger partial charge is 0.104 e. The molecule has 1 N–H and O–H groups in total. The average Bonchev–Trinajstić information content (AvgIpc) is 2.31. The lowest BCUT2D eigenvalue weighted by Crippen LogP contribution is -2.22. The number of rotatable bonds is 2. The molecule has 15 heavy (non-hydrogen) atoms. The first-order chi connectivity index (χ1) is 7.23. The monoisotopic (exact) mass is 198 g/mol. The predicted molar refractivity (Wildman–Crippen MR) is 63.3 cm³/mol. The van der Waals surface area contributed by atoms with Crippen LogP contribution < -0.4 is 0 Å². The van der Waals surface area contributed by atoms with Crippen molar-refractivity contribution in [2.75, 3.05) is 0 Å². The number of aliphatic hydroxyl groups is 1. The van der Waals surface area contributed by atoms with Crippen LogP contribution in [-0.4, -0.2) is 10.7 Å². The van der Waals surface area contributed by atoms with E-state index in [0.29, 0.717) is 6.42 Å². The van der Waals surface area contributed by atoms with Gasteiger partial charge >= 0.3 is 0 Å². The molecule has 0 radical (unpaired) electrons. The first kappa shape index (κ1) is 9.94. The largest absolute Gasteiger partial charge is 0.381 e. The second-order valence-electron chi connectivity index (χ2n) is 3.76. The van der Waals surface area contributed by atoms with Gasteiger partial charge in [-0.3, -0.25) is 0 Å². The van der Waals surface area contributed by atoms with E-state index >= 15 is 0 Å². The molecule has 0 amide bonds. The van der Waals surface area contributed by atoms with Gasteiger partial charge in [0.05, 0.1) is 0 Å². The lowest BCUT2D eigenvalue weighted by Gasteiger charge is -2.22. The Kier molecular flexibility index (Phi) is 2.57. The maximum absolute atomic E-state index is 9.90. The van der Waals surface area contributed by atoms with Crippen LogP contribution >= 0.6 is 0 Å². The zero-order valence-corrected chi connectivity index (χ0v) is 8.56. The Balaban J connectivity index is 2.24. The van der Waals surface area contributed by atoms with Crippen molar-refractivity contribution in [2.45, 2.75) is 12.0 Å². The molecule has 76 valence electrons. The van der Waals surface area contributed by atoms with Gasteiger partial charge < -0.3 is 5.11 Å². The topological polar surface area (TPSA) is 20.2 Å². The molecular weight excluding hydrogens is 184 g/mol. The van der Waals surface area contributed by atoms with Gasteiger partial charge in [0.1, 0.15) is 5.60 Å². The van der Waals surface area contributed by atoms with E-state index in [4.69, 9.17) is 0 Å². The van der Waals surface area contributed by atoms with E-state index in [0.717, 1.165) is 5.57 Å². The summed E-state index contributed by atoms with van der Waals surface area (Å²) in [6.07, 6.45) is 7.94. The van der Waals surface area contributed by atoms with Crippen molar-refractivity contribution in [3.63, 3.8) is 0 Å². The van der Waals surface area contributed by atoms with Crippen LogP contribution in [0, 0.1) is 0 Å². The number of benzene rings is 1. The van der Waals surface area contributed by atoms with Gasteiger partial charge in [0.25, 0.3) is 0 Å². The molecule has 1 nitrogen and oxygen atoms in total. The summed E-state index contributed by atoms with van der Waals surface area (Å²) in [4.78, 5) is 0. The molecule has 1 aromatic rings. The highest BCUT2D eigenvalue weighted by molar-refractivity contribution is 5.75. The minimum atomic E-state index is -0.863. The lowest BCUT2D eigenvalue weighted by molar-refractivity contribution is 0.145. The summed E-state index contributed by atoms with van der Waals surface area (Å²) in [5.74, 6) is 0. The van der Waals surface area contributed by atoms with Crippen LogP contribution in [0.2, 0.25) is 0 Å². The van der Waals surface area contributed by atoms with Gasteiger partial charge in [-0.15, -0.1) is 0 Å². The van der Waals surface area contributed by atoms with E-state index in [-0.39, 0.29) is 0 Å². The standard InChI is InChI=1S/C14H14O/c1-2-14(15)10-8-13(9-11-14)12-6-4-3-5-7-12/h2-10,15H,1,11H2. The zero-order chi connectivity index (χ0) is 10.7. The Morgan fingerprint density at radius 3 is 2.53 bits per heavy atom. The van der Waals surface area contributed by atoms with Gasteiger partial charge in [0, 0.05) is 6.42 Å². The van der Waals surface area contributed by atoms with Gasteiger partial charge in [-0.1, -0.05) is 55.1 Å². The highest BCUT2D eigenvalue weighted by Gasteiger charge is 2.20. The fourth-order valence-electron chi connectivity index (χ4n) is 1.64. The number of hydrogen-bond donors (Lipinski definition) is 1. The molecule has 1 heteroatoms. The molecule has 0 fully saturated rings. The van der Waals surface area contributed by atoms with Crippen molar-refractivity contribution in [1.82, 2.24) is 0 Å². The molecule has 0 saturated heterocycles. The van der Waals surface area contributed by atoms with Crippen LogP contribution in [0.5, 0.6) is 0 Å². The molecule has 2 rings (SSSR count). The van der Waals surface area contributed by atoms with Crippen LogP contribution in [0.4, 0.5) is 0 Å². The number of hydrogen-bond acceptors (Lipinski definition) is 1. The Hall–Kier alpha value is -1.60. The van der Waals surface area contributed by atoms with Crippen molar-refractivity contribution in [1.29, 1.82) is 0 Å². The minimum absolute atomic E-state index is 0.594. The van der Waals surface area contributed by atoms with E-state index in [2.05, 4.69) is 18.7 Å². The lowest BCUT2D eigenvalue weighted by atomic mass is 9.90. The molecule has 1 aromatic carbocycles. The van der Waals surface area contributed by atoms with Gasteiger partial charge in [-0.05, 0) is 17.2 Å². The molecule has 1 aliphatic carbocycles. The van der Waals surface area contributed by atoms with E-state index < -0.39 is 5.60 Å². The summed E-state index contributed by atoms with van der Waals surface area (Å²) in [5.41, 5.74) is 1.47. The summed E-state index contributed by atoms with van der Waals surface area (Å²) in [6, 6.07) is 10.1. The summed E-state index contributed by atoms with van der Waals surface area (Å²) >= 11 is 0. The Morgan fingerprint density at radius 1 is 1.27 bits per heavy atom. The van der Waals surface area contributed by atoms with E-state index in [9.17, 15) is 5.11 Å². The summed E-state index contributed by atoms with van der Waals surface area (Å²) in [7, 11) is 0. The van der Waals surface area contributed by atoms with Crippen molar-refractivity contribution < 1.29 is 5.11 Å². The summed E-state index contributed by atoms with van der Waals surface area (Å²) in [5, 5.41) is 9.90. The Morgan fingerprint density at radius 2 is 2.00 bits per heavy atom. The molecule has 1 unspecified atom stereocenters. The van der Waals surface area contributed by atoms with Crippen LogP contribution in [0.15, 0.2) is 61.2 Å². The first-order valence-corrected chi connectivity index (χ1v) is 5.04. The van der Waals surface area contributed by atoms with E-state index in [1.54, 1.807) is 12.2 Å². The second kappa shape index (κ2) is 3.87. The van der Waals surface area contributed by atoms with Crippen molar-refractivity contribution >= 4 is 5.57 Å². The van der Waals surface area contributed by atoms with E-state index in [1.807, 2.05) is 30.4 Å². The van der Waals surface area contributed by atoms with Crippen molar-refractivity contribution in [3.05, 3.63) is 66.8 Å². The normalized spacial score (nSPS) is 24.7. The quantitative estimate of drug-likeness (QED) is 0.724. The molecule has 1 atom stereocenters. The molecule has 0 aromatic heterocycles. The van der Waals surface area contributed by atoms with Gasteiger partial charge in [-0.2, -0.15) is 0 Å². The second-order valence-corrected chi connectivity index (χ2v) is 3.76. The van der Waals surface area contributed by atoms with E-state index in [1.165, 1.54) is 5.56 Å². The maximum Gasteiger partial charge on any atom is 0.104 e. The first-order valence-electron chi connectivity index (χ1n) is 5.04. The third-order valence-corrected chi connectivity index (χ3v) is 2.66. The van der Waals surface area contributed by atoms with Gasteiger partial charge in [0.15, 0.2) is 0 Å². The highest BCUT2D eigenvalue weighted by Crippen LogP contribution is 2.27. The summed E-state index contributed by atoms with van der Waals surface area (Å²) in [6.45, 7) is 3.62. The fourth-order valence-corrected chi connectivity index (χ4v) is 1.64. The Labute approximate surface area is 90.1 Å². The predicted octanol–water partition coefficient (Wildman–Crippen LogP) is 2.95.